The second kappa shape index (κ2) is 10.4. The number of nitrogens with zero attached hydrogens (tertiary/aromatic N) is 5. The molecular weight excluding hydrogens is 555 g/mol. The Labute approximate surface area is 238 Å². The number of aromatic nitrogens is 3. The average Bonchev–Trinajstić information content (AvgIpc) is 3.29. The number of piperidine rings is 1. The van der Waals surface area contributed by atoms with E-state index in [9.17, 15) is 21.6 Å². The smallest absolute Gasteiger partial charge is 0.379 e. The van der Waals surface area contributed by atoms with Crippen LogP contribution < -0.4 is 4.31 Å². The van der Waals surface area contributed by atoms with Crippen molar-refractivity contribution in [2.24, 2.45) is 13.0 Å². The van der Waals surface area contributed by atoms with Crippen LogP contribution in [-0.4, -0.2) is 60.9 Å². The minimum Gasteiger partial charge on any atom is -0.379 e. The predicted octanol–water partition coefficient (Wildman–Crippen LogP) is 4.33. The normalized spacial score (nSPS) is 22.3. The average molecular weight is 590 g/mol. The Bertz CT molecular complexity index is 1550. The van der Waals surface area contributed by atoms with Gasteiger partial charge in [-0.05, 0) is 72.7 Å². The van der Waals surface area contributed by atoms with E-state index in [0.717, 1.165) is 43.4 Å². The predicted molar refractivity (Wildman–Crippen MR) is 147 cm³/mol. The number of rotatable bonds is 6. The monoisotopic (exact) mass is 589 g/mol. The van der Waals surface area contributed by atoms with Gasteiger partial charge in [0, 0.05) is 38.5 Å². The largest absolute Gasteiger partial charge is 0.416 e. The maximum absolute atomic E-state index is 14.2. The molecule has 0 spiro atoms. The Kier molecular flexibility index (Phi) is 7.14. The number of anilines is 1. The van der Waals surface area contributed by atoms with Crippen molar-refractivity contribution in [1.82, 2.24) is 19.7 Å². The number of benzene rings is 2. The lowest BCUT2D eigenvalue weighted by Crippen LogP contribution is -2.49. The fraction of sp³-hybridized carbons (Fsp3) is 0.517. The molecule has 2 saturated heterocycles. The summed E-state index contributed by atoms with van der Waals surface area (Å²) in [6.45, 7) is 4.81. The van der Waals surface area contributed by atoms with Crippen LogP contribution in [0.2, 0.25) is 0 Å². The molecule has 0 aliphatic carbocycles. The second-order valence-electron chi connectivity index (χ2n) is 11.8. The first-order chi connectivity index (χ1) is 19.5. The fourth-order valence-electron chi connectivity index (χ4n) is 6.42. The molecule has 12 heteroatoms. The molecule has 3 aliphatic rings. The van der Waals surface area contributed by atoms with Crippen molar-refractivity contribution < 1.29 is 26.3 Å². The summed E-state index contributed by atoms with van der Waals surface area (Å²) in [7, 11) is -2.38. The van der Waals surface area contributed by atoms with E-state index >= 15 is 0 Å². The van der Waals surface area contributed by atoms with Gasteiger partial charge in [0.2, 0.25) is 0 Å². The molecule has 3 aliphatic heterocycles. The summed E-state index contributed by atoms with van der Waals surface area (Å²) in [5, 5.41) is 8.17. The Morgan fingerprint density at radius 1 is 1.15 bits per heavy atom. The van der Waals surface area contributed by atoms with Crippen molar-refractivity contribution in [3.63, 3.8) is 0 Å². The van der Waals surface area contributed by atoms with E-state index in [-0.39, 0.29) is 30.0 Å². The van der Waals surface area contributed by atoms with Crippen molar-refractivity contribution in [1.29, 1.82) is 0 Å². The van der Waals surface area contributed by atoms with Crippen LogP contribution in [0, 0.1) is 5.92 Å². The third-order valence-corrected chi connectivity index (χ3v) is 10.6. The molecule has 8 nitrogen and oxygen atoms in total. The lowest BCUT2D eigenvalue weighted by Gasteiger charge is -2.42. The van der Waals surface area contributed by atoms with Gasteiger partial charge in [-0.2, -0.15) is 13.2 Å². The van der Waals surface area contributed by atoms with Crippen LogP contribution >= 0.6 is 0 Å². The highest BCUT2D eigenvalue weighted by molar-refractivity contribution is 7.93. The molecule has 2 aromatic carbocycles. The lowest BCUT2D eigenvalue weighted by atomic mass is 9.75. The quantitative estimate of drug-likeness (QED) is 0.426. The molecule has 1 aromatic heterocycles. The van der Waals surface area contributed by atoms with Crippen LogP contribution in [0.4, 0.5) is 18.9 Å². The maximum Gasteiger partial charge on any atom is 0.416 e. The van der Waals surface area contributed by atoms with Crippen molar-refractivity contribution in [2.45, 2.75) is 55.6 Å². The van der Waals surface area contributed by atoms with Gasteiger partial charge < -0.3 is 9.30 Å². The highest BCUT2D eigenvalue weighted by Gasteiger charge is 2.44. The Morgan fingerprint density at radius 3 is 2.61 bits per heavy atom. The number of ether oxygens (including phenoxy) is 1. The highest BCUT2D eigenvalue weighted by atomic mass is 32.2. The fourth-order valence-corrected chi connectivity index (χ4v) is 8.21. The van der Waals surface area contributed by atoms with Crippen molar-refractivity contribution >= 4 is 15.7 Å². The third kappa shape index (κ3) is 5.25. The first-order valence-electron chi connectivity index (χ1n) is 14.0. The summed E-state index contributed by atoms with van der Waals surface area (Å²) in [6.07, 6.45) is -0.417. The van der Waals surface area contributed by atoms with Crippen LogP contribution in [0.5, 0.6) is 0 Å². The van der Waals surface area contributed by atoms with E-state index in [1.54, 1.807) is 18.5 Å². The molecule has 0 N–H and O–H groups in total. The Hall–Kier alpha value is -2.96. The van der Waals surface area contributed by atoms with E-state index in [1.807, 2.05) is 23.7 Å². The van der Waals surface area contributed by atoms with Gasteiger partial charge >= 0.3 is 6.18 Å². The molecule has 6 rings (SSSR count). The molecule has 41 heavy (non-hydrogen) atoms. The number of halogens is 3. The number of fused-ring (bicyclic) bond motifs is 1. The first kappa shape index (κ1) is 28.2. The van der Waals surface area contributed by atoms with Gasteiger partial charge in [-0.3, -0.25) is 9.21 Å². The van der Waals surface area contributed by atoms with Crippen LogP contribution in [0.15, 0.2) is 47.6 Å². The molecule has 2 fully saturated rings. The van der Waals surface area contributed by atoms with E-state index in [2.05, 4.69) is 22.0 Å². The zero-order valence-corrected chi connectivity index (χ0v) is 24.0. The van der Waals surface area contributed by atoms with Gasteiger partial charge in [0.25, 0.3) is 10.0 Å². The summed E-state index contributed by atoms with van der Waals surface area (Å²) in [6, 6.07) is 9.87. The molecule has 0 radical (unpaired) electrons. The zero-order valence-electron chi connectivity index (χ0n) is 23.2. The minimum atomic E-state index is -4.65. The zero-order chi connectivity index (χ0) is 29.0. The summed E-state index contributed by atoms with van der Waals surface area (Å²) in [5.74, 6) is 1.24. The van der Waals surface area contributed by atoms with Crippen LogP contribution in [0.1, 0.15) is 47.8 Å². The van der Waals surface area contributed by atoms with Gasteiger partial charge in [-0.15, -0.1) is 10.2 Å². The lowest BCUT2D eigenvalue weighted by molar-refractivity contribution is -0.138. The van der Waals surface area contributed by atoms with Gasteiger partial charge in [-0.25, -0.2) is 8.42 Å². The second-order valence-corrected chi connectivity index (χ2v) is 13.6. The summed E-state index contributed by atoms with van der Waals surface area (Å²) >= 11 is 0. The highest BCUT2D eigenvalue weighted by Crippen LogP contribution is 2.42. The van der Waals surface area contributed by atoms with E-state index < -0.39 is 27.2 Å². The number of hydrogen-bond donors (Lipinski definition) is 0. The molecule has 3 aromatic rings. The van der Waals surface area contributed by atoms with E-state index in [0.29, 0.717) is 36.8 Å². The summed E-state index contributed by atoms with van der Waals surface area (Å²) in [4.78, 5) is 1.87. The standard InChI is InChI=1S/C29H34F3N5O3S/c1-20-5-4-9-36(15-20)16-21-11-25(29(30,31)32)24-8-10-37(41(38,39)26(24)12-21)23-7-3-6-22(13-23)28(17-40-18-28)14-27-34-33-19-35(27)2/h3,6-7,11-13,19-20H,4-5,8-10,14-18H2,1-2H3/t20-/m0/s1. The number of hydrogen-bond acceptors (Lipinski definition) is 6. The molecule has 220 valence electrons. The van der Waals surface area contributed by atoms with Crippen molar-refractivity contribution in [2.75, 3.05) is 37.2 Å². The molecule has 1 atom stereocenters. The van der Waals surface area contributed by atoms with Crippen LogP contribution in [-0.2, 0) is 52.8 Å². The van der Waals surface area contributed by atoms with Crippen LogP contribution in [0.3, 0.4) is 0 Å². The summed E-state index contributed by atoms with van der Waals surface area (Å²) in [5.41, 5.74) is 0.318. The van der Waals surface area contributed by atoms with Crippen LogP contribution in [0.25, 0.3) is 0 Å². The molecule has 0 amide bonds. The molecule has 4 heterocycles. The molecule has 0 saturated carbocycles. The van der Waals surface area contributed by atoms with E-state index in [4.69, 9.17) is 4.74 Å². The number of alkyl halides is 3. The van der Waals surface area contributed by atoms with E-state index in [1.165, 1.54) is 10.4 Å². The summed E-state index contributed by atoms with van der Waals surface area (Å²) < 4.78 is 79.4. The van der Waals surface area contributed by atoms with Gasteiger partial charge in [-0.1, -0.05) is 19.1 Å². The number of aryl methyl sites for hydroxylation is 1. The molecule has 0 unspecified atom stereocenters. The Morgan fingerprint density at radius 2 is 1.95 bits per heavy atom. The van der Waals surface area contributed by atoms with Crippen molar-refractivity contribution in [3.8, 4) is 0 Å². The molecular formula is C29H34F3N5O3S. The van der Waals surface area contributed by atoms with Gasteiger partial charge in [0.05, 0.1) is 29.4 Å². The topological polar surface area (TPSA) is 80.6 Å². The first-order valence-corrected chi connectivity index (χ1v) is 15.4. The van der Waals surface area contributed by atoms with Gasteiger partial charge in [0.15, 0.2) is 0 Å². The SMILES string of the molecule is C[C@H]1CCCN(Cc2cc(C(F)(F)F)c3c(c2)S(=O)(=O)N(c2cccc(C4(Cc5nncn5C)COC4)c2)CC3)C1. The number of likely N-dealkylation sites (tertiary alicyclic amines) is 1. The van der Waals surface area contributed by atoms with Crippen molar-refractivity contribution in [3.05, 3.63) is 70.8 Å². The maximum atomic E-state index is 14.2. The minimum absolute atomic E-state index is 0.0259. The Balaban J connectivity index is 1.35. The third-order valence-electron chi connectivity index (χ3n) is 8.66. The molecule has 0 bridgehead atoms. The number of sulfonamides is 1. The van der Waals surface area contributed by atoms with Gasteiger partial charge in [0.1, 0.15) is 12.2 Å².